The topological polar surface area (TPSA) is 41.5 Å². The van der Waals surface area contributed by atoms with Gasteiger partial charge in [-0.2, -0.15) is 0 Å². The molecule has 108 valence electrons. The van der Waals surface area contributed by atoms with Gasteiger partial charge in [0.1, 0.15) is 5.75 Å². The van der Waals surface area contributed by atoms with Gasteiger partial charge in [0, 0.05) is 6.54 Å². The van der Waals surface area contributed by atoms with Crippen LogP contribution in [0.2, 0.25) is 0 Å². The van der Waals surface area contributed by atoms with E-state index in [0.717, 1.165) is 30.8 Å². The number of aliphatic hydroxyl groups is 1. The number of ether oxygens (including phenoxy) is 1. The molecule has 1 atom stereocenters. The minimum Gasteiger partial charge on any atom is -0.493 e. The highest BCUT2D eigenvalue weighted by atomic mass is 16.5. The molecule has 0 radical (unpaired) electrons. The van der Waals surface area contributed by atoms with E-state index in [-0.39, 0.29) is 6.10 Å². The van der Waals surface area contributed by atoms with Gasteiger partial charge >= 0.3 is 0 Å². The highest BCUT2D eigenvalue weighted by Crippen LogP contribution is 2.17. The number of aliphatic hydroxyl groups excluding tert-OH is 1. The van der Waals surface area contributed by atoms with Crippen molar-refractivity contribution in [3.63, 3.8) is 0 Å². The van der Waals surface area contributed by atoms with Crippen LogP contribution in [0.15, 0.2) is 24.3 Å². The summed E-state index contributed by atoms with van der Waals surface area (Å²) in [6, 6.07) is 8.03. The fraction of sp³-hybridized carbons (Fsp3) is 0.625. The second-order valence-corrected chi connectivity index (χ2v) is 5.06. The lowest BCUT2D eigenvalue weighted by atomic mass is 10.1. The molecule has 0 aromatic heterocycles. The molecule has 0 saturated heterocycles. The molecule has 0 heterocycles. The summed E-state index contributed by atoms with van der Waals surface area (Å²) in [5.41, 5.74) is 1.12. The molecule has 0 amide bonds. The molecule has 3 heteroatoms. The number of rotatable bonds is 9. The summed E-state index contributed by atoms with van der Waals surface area (Å²) in [7, 11) is 1.85. The van der Waals surface area contributed by atoms with Crippen LogP contribution in [0.4, 0.5) is 0 Å². The third-order valence-corrected chi connectivity index (χ3v) is 3.45. The predicted octanol–water partition coefficient (Wildman–Crippen LogP) is 2.62. The highest BCUT2D eigenvalue weighted by molar-refractivity contribution is 5.29. The standard InChI is InChI=1S/C16H27NO2/c1-4-13(5-2)12-19-16-8-6-7-14(10-16)9-15(18)11-17-3/h6-8,10,13,15,17-18H,4-5,9,11-12H2,1-3H3/t15-/m1/s1. The summed E-state index contributed by atoms with van der Waals surface area (Å²) in [5, 5.41) is 12.8. The lowest BCUT2D eigenvalue weighted by Gasteiger charge is -2.15. The Morgan fingerprint density at radius 1 is 1.26 bits per heavy atom. The van der Waals surface area contributed by atoms with Crippen molar-refractivity contribution in [1.29, 1.82) is 0 Å². The average molecular weight is 265 g/mol. The lowest BCUT2D eigenvalue weighted by Crippen LogP contribution is -2.25. The molecule has 1 aromatic rings. The summed E-state index contributed by atoms with van der Waals surface area (Å²) in [6.07, 6.45) is 2.61. The van der Waals surface area contributed by atoms with Crippen LogP contribution in [0, 0.1) is 5.92 Å². The second-order valence-electron chi connectivity index (χ2n) is 5.06. The SMILES string of the molecule is CCC(CC)COc1cccc(C[C@@H](O)CNC)c1. The molecule has 0 aliphatic carbocycles. The maximum absolute atomic E-state index is 9.78. The van der Waals surface area contributed by atoms with Gasteiger partial charge in [-0.05, 0) is 37.1 Å². The smallest absolute Gasteiger partial charge is 0.119 e. The van der Waals surface area contributed by atoms with E-state index in [2.05, 4.69) is 19.2 Å². The molecule has 2 N–H and O–H groups in total. The van der Waals surface area contributed by atoms with Crippen molar-refractivity contribution in [1.82, 2.24) is 5.32 Å². The Hall–Kier alpha value is -1.06. The van der Waals surface area contributed by atoms with E-state index in [1.165, 1.54) is 0 Å². The maximum Gasteiger partial charge on any atom is 0.119 e. The largest absolute Gasteiger partial charge is 0.493 e. The van der Waals surface area contributed by atoms with Crippen molar-refractivity contribution in [3.05, 3.63) is 29.8 Å². The van der Waals surface area contributed by atoms with E-state index in [4.69, 9.17) is 4.74 Å². The van der Waals surface area contributed by atoms with Gasteiger partial charge in [-0.25, -0.2) is 0 Å². The van der Waals surface area contributed by atoms with Gasteiger partial charge in [0.2, 0.25) is 0 Å². The first-order valence-corrected chi connectivity index (χ1v) is 7.23. The fourth-order valence-electron chi connectivity index (χ4n) is 2.08. The summed E-state index contributed by atoms with van der Waals surface area (Å²) in [6.45, 7) is 5.78. The first-order valence-electron chi connectivity index (χ1n) is 7.23. The van der Waals surface area contributed by atoms with Crippen LogP contribution in [-0.2, 0) is 6.42 Å². The molecule has 0 saturated carbocycles. The minimum atomic E-state index is -0.348. The van der Waals surface area contributed by atoms with Crippen LogP contribution in [-0.4, -0.2) is 31.4 Å². The summed E-state index contributed by atoms with van der Waals surface area (Å²) >= 11 is 0. The Labute approximate surface area is 117 Å². The number of benzene rings is 1. The van der Waals surface area contributed by atoms with Gasteiger partial charge in [0.15, 0.2) is 0 Å². The van der Waals surface area contributed by atoms with Crippen LogP contribution >= 0.6 is 0 Å². The molecule has 1 aromatic carbocycles. The van der Waals surface area contributed by atoms with Crippen molar-refractivity contribution < 1.29 is 9.84 Å². The Bertz CT molecular complexity index is 350. The van der Waals surface area contributed by atoms with Gasteiger partial charge in [-0.1, -0.05) is 38.8 Å². The Morgan fingerprint density at radius 2 is 2.00 bits per heavy atom. The zero-order chi connectivity index (χ0) is 14.1. The van der Waals surface area contributed by atoms with Crippen LogP contribution in [0.3, 0.4) is 0 Å². The summed E-state index contributed by atoms with van der Waals surface area (Å²) < 4.78 is 5.83. The van der Waals surface area contributed by atoms with Gasteiger partial charge < -0.3 is 15.2 Å². The van der Waals surface area contributed by atoms with Crippen LogP contribution < -0.4 is 10.1 Å². The molecule has 0 aliphatic heterocycles. The van der Waals surface area contributed by atoms with Crippen molar-refractivity contribution in [2.24, 2.45) is 5.92 Å². The van der Waals surface area contributed by atoms with Gasteiger partial charge in [0.25, 0.3) is 0 Å². The quantitative estimate of drug-likeness (QED) is 0.721. The molecule has 0 bridgehead atoms. The lowest BCUT2D eigenvalue weighted by molar-refractivity contribution is 0.174. The van der Waals surface area contributed by atoms with Gasteiger partial charge in [-0.15, -0.1) is 0 Å². The first kappa shape index (κ1) is 16.0. The van der Waals surface area contributed by atoms with Gasteiger partial charge in [-0.3, -0.25) is 0 Å². The number of hydrogen-bond acceptors (Lipinski definition) is 3. The molecule has 1 rings (SSSR count). The van der Waals surface area contributed by atoms with E-state index in [0.29, 0.717) is 18.9 Å². The van der Waals surface area contributed by atoms with Crippen molar-refractivity contribution in [2.75, 3.05) is 20.2 Å². The molecule has 19 heavy (non-hydrogen) atoms. The fourth-order valence-corrected chi connectivity index (χ4v) is 2.08. The zero-order valence-electron chi connectivity index (χ0n) is 12.4. The number of nitrogens with one attached hydrogen (secondary N) is 1. The van der Waals surface area contributed by atoms with Crippen molar-refractivity contribution in [3.8, 4) is 5.75 Å². The Balaban J connectivity index is 2.51. The summed E-state index contributed by atoms with van der Waals surface area (Å²) in [5.74, 6) is 1.53. The molecule has 0 spiro atoms. The molecule has 3 nitrogen and oxygen atoms in total. The third kappa shape index (κ3) is 6.08. The predicted molar refractivity (Wildman–Crippen MR) is 79.6 cm³/mol. The van der Waals surface area contributed by atoms with Crippen LogP contribution in [0.5, 0.6) is 5.75 Å². The van der Waals surface area contributed by atoms with Crippen molar-refractivity contribution in [2.45, 2.75) is 39.2 Å². The van der Waals surface area contributed by atoms with E-state index < -0.39 is 0 Å². The molecular weight excluding hydrogens is 238 g/mol. The van der Waals surface area contributed by atoms with E-state index in [1.54, 1.807) is 0 Å². The average Bonchev–Trinajstić information content (AvgIpc) is 2.40. The van der Waals surface area contributed by atoms with Crippen LogP contribution in [0.1, 0.15) is 32.3 Å². The normalized spacial score (nSPS) is 12.7. The molecular formula is C16H27NO2. The second kappa shape index (κ2) is 8.94. The zero-order valence-corrected chi connectivity index (χ0v) is 12.4. The highest BCUT2D eigenvalue weighted by Gasteiger charge is 2.07. The Kier molecular flexibility index (Phi) is 7.53. The molecule has 0 unspecified atom stereocenters. The van der Waals surface area contributed by atoms with Crippen LogP contribution in [0.25, 0.3) is 0 Å². The molecule has 0 fully saturated rings. The number of hydrogen-bond donors (Lipinski definition) is 2. The number of likely N-dealkylation sites (N-methyl/N-ethyl adjacent to an activating group) is 1. The monoisotopic (exact) mass is 265 g/mol. The third-order valence-electron chi connectivity index (χ3n) is 3.45. The Morgan fingerprint density at radius 3 is 2.63 bits per heavy atom. The summed E-state index contributed by atoms with van der Waals surface area (Å²) in [4.78, 5) is 0. The van der Waals surface area contributed by atoms with E-state index in [1.807, 2.05) is 31.3 Å². The molecule has 0 aliphatic rings. The van der Waals surface area contributed by atoms with E-state index in [9.17, 15) is 5.11 Å². The van der Waals surface area contributed by atoms with E-state index >= 15 is 0 Å². The van der Waals surface area contributed by atoms with Gasteiger partial charge in [0.05, 0.1) is 12.7 Å². The minimum absolute atomic E-state index is 0.348. The maximum atomic E-state index is 9.78. The first-order chi connectivity index (χ1) is 9.19. The van der Waals surface area contributed by atoms with Crippen molar-refractivity contribution >= 4 is 0 Å².